The van der Waals surface area contributed by atoms with E-state index in [1.807, 2.05) is 14.0 Å². The molecule has 0 radical (unpaired) electrons. The van der Waals surface area contributed by atoms with E-state index >= 15 is 0 Å². The van der Waals surface area contributed by atoms with Crippen molar-refractivity contribution in [1.29, 1.82) is 0 Å². The number of likely N-dealkylation sites (tertiary alicyclic amines) is 2. The monoisotopic (exact) mass is 674 g/mol. The van der Waals surface area contributed by atoms with Gasteiger partial charge in [0.05, 0.1) is 33.0 Å². The van der Waals surface area contributed by atoms with E-state index in [0.29, 0.717) is 5.75 Å². The zero-order chi connectivity index (χ0) is 34.7. The Morgan fingerprint density at radius 2 is 1.23 bits per heavy atom. The second-order valence-electron chi connectivity index (χ2n) is 11.5. The minimum absolute atomic E-state index is 0.0489. The number of nitro groups is 2. The Bertz CT molecular complexity index is 1610. The van der Waals surface area contributed by atoms with Crippen LogP contribution < -0.4 is 16.2 Å². The first kappa shape index (κ1) is 37.0. The van der Waals surface area contributed by atoms with Gasteiger partial charge in [-0.15, -0.1) is 0 Å². The molecule has 16 heteroatoms. The minimum Gasteiger partial charge on any atom is -0.508 e. The lowest BCUT2D eigenvalue weighted by Gasteiger charge is -2.29. The summed E-state index contributed by atoms with van der Waals surface area (Å²) in [5.74, 6) is 0.358. The number of aromatic hydroxyl groups is 1. The van der Waals surface area contributed by atoms with Crippen molar-refractivity contribution in [2.24, 2.45) is 0 Å². The fourth-order valence-electron chi connectivity index (χ4n) is 4.76. The fraction of sp³-hybridized carbons (Fsp3) is 0.419. The van der Waals surface area contributed by atoms with Crippen molar-refractivity contribution in [3.8, 4) is 11.5 Å². The summed E-state index contributed by atoms with van der Waals surface area (Å²) in [5, 5.41) is 29.8. The predicted molar refractivity (Wildman–Crippen MR) is 178 cm³/mol. The molecular weight excluding hydrogens is 632 g/mol. The third-order valence-electron chi connectivity index (χ3n) is 7.62. The second kappa shape index (κ2) is 16.9. The lowest BCUT2D eigenvalue weighted by atomic mass is 10.1. The lowest BCUT2D eigenvalue weighted by molar-refractivity contribution is -0.384. The van der Waals surface area contributed by atoms with Crippen LogP contribution in [0.25, 0.3) is 0 Å². The van der Waals surface area contributed by atoms with Crippen molar-refractivity contribution in [3.63, 3.8) is 0 Å². The van der Waals surface area contributed by atoms with Crippen LogP contribution in [-0.4, -0.2) is 85.7 Å². The zero-order valence-corrected chi connectivity index (χ0v) is 27.5. The molecule has 3 aromatic rings. The Morgan fingerprint density at radius 3 is 1.72 bits per heavy atom. The van der Waals surface area contributed by atoms with Crippen molar-refractivity contribution < 1.29 is 32.3 Å². The van der Waals surface area contributed by atoms with Gasteiger partial charge in [0, 0.05) is 26.2 Å². The normalized spacial score (nSPS) is 16.2. The molecule has 0 aliphatic carbocycles. The van der Waals surface area contributed by atoms with Crippen LogP contribution in [0.4, 0.5) is 22.7 Å². The van der Waals surface area contributed by atoms with Crippen molar-refractivity contribution in [2.45, 2.75) is 49.7 Å². The number of nitrogens with zero attached hydrogens (tertiary/aromatic N) is 4. The van der Waals surface area contributed by atoms with Crippen molar-refractivity contribution >= 4 is 32.9 Å². The van der Waals surface area contributed by atoms with Crippen LogP contribution in [0.2, 0.25) is 0 Å². The summed E-state index contributed by atoms with van der Waals surface area (Å²) in [5.41, 5.74) is 11.7. The van der Waals surface area contributed by atoms with Crippen LogP contribution in [0.3, 0.4) is 0 Å². The molecule has 15 nitrogen and oxygen atoms in total. The lowest BCUT2D eigenvalue weighted by Crippen LogP contribution is -2.35. The number of nitrogen functional groups attached to an aromatic ring is 2. The summed E-state index contributed by atoms with van der Waals surface area (Å²) in [6.07, 6.45) is 3.35. The Labute approximate surface area is 274 Å². The number of hydrogen-bond donors (Lipinski definition) is 3. The van der Waals surface area contributed by atoms with Crippen LogP contribution in [-0.2, 0) is 14.3 Å². The molecule has 5 N–H and O–H groups in total. The van der Waals surface area contributed by atoms with E-state index in [4.69, 9.17) is 25.5 Å². The average molecular weight is 675 g/mol. The largest absolute Gasteiger partial charge is 0.508 e. The van der Waals surface area contributed by atoms with E-state index in [0.717, 1.165) is 63.5 Å². The first-order chi connectivity index (χ1) is 22.1. The van der Waals surface area contributed by atoms with Crippen LogP contribution in [0.1, 0.15) is 31.2 Å². The van der Waals surface area contributed by atoms with Gasteiger partial charge in [-0.1, -0.05) is 17.7 Å². The van der Waals surface area contributed by atoms with E-state index in [1.54, 1.807) is 30.3 Å². The molecule has 2 aliphatic heterocycles. The number of rotatable bonds is 7. The van der Waals surface area contributed by atoms with Gasteiger partial charge in [-0.25, -0.2) is 0 Å². The number of nitro benzene ring substituents is 2. The average Bonchev–Trinajstić information content (AvgIpc) is 3.02. The first-order valence-corrected chi connectivity index (χ1v) is 16.4. The highest BCUT2D eigenvalue weighted by Crippen LogP contribution is 2.28. The summed E-state index contributed by atoms with van der Waals surface area (Å²) < 4.78 is 35.2. The quantitative estimate of drug-likeness (QED) is 0.105. The molecule has 5 rings (SSSR count). The highest BCUT2D eigenvalue weighted by atomic mass is 32.2. The molecular formula is C31H42N6O9S. The number of anilines is 2. The van der Waals surface area contributed by atoms with Gasteiger partial charge >= 0.3 is 0 Å². The van der Waals surface area contributed by atoms with Gasteiger partial charge in [0.2, 0.25) is 0 Å². The van der Waals surface area contributed by atoms with Crippen LogP contribution >= 0.6 is 0 Å². The summed E-state index contributed by atoms with van der Waals surface area (Å²) >= 11 is 0. The van der Waals surface area contributed by atoms with E-state index in [9.17, 15) is 28.6 Å². The van der Waals surface area contributed by atoms with Gasteiger partial charge in [-0.05, 0) is 83.1 Å². The van der Waals surface area contributed by atoms with Gasteiger partial charge in [0.25, 0.3) is 21.5 Å². The molecule has 2 fully saturated rings. The Morgan fingerprint density at radius 1 is 0.766 bits per heavy atom. The second-order valence-corrected chi connectivity index (χ2v) is 13.0. The number of benzene rings is 3. The molecule has 47 heavy (non-hydrogen) atoms. The Kier molecular flexibility index (Phi) is 13.3. The minimum atomic E-state index is -3.61. The van der Waals surface area contributed by atoms with Gasteiger partial charge < -0.3 is 31.1 Å². The van der Waals surface area contributed by atoms with Crippen molar-refractivity contribution in [1.82, 2.24) is 9.80 Å². The molecule has 2 heterocycles. The van der Waals surface area contributed by atoms with Crippen LogP contribution in [0, 0.1) is 27.2 Å². The number of aryl methyl sites for hydroxylation is 1. The zero-order valence-electron chi connectivity index (χ0n) is 26.7. The molecule has 256 valence electrons. The number of piperidine rings is 2. The summed E-state index contributed by atoms with van der Waals surface area (Å²) in [4.78, 5) is 24.5. The Balaban J connectivity index is 0.000000198. The highest BCUT2D eigenvalue weighted by molar-refractivity contribution is 7.86. The molecule has 0 spiro atoms. The molecule has 0 atom stereocenters. The topological polar surface area (TPSA) is 218 Å². The smallest absolute Gasteiger partial charge is 0.297 e. The SMILES string of the molecule is CN1CCC(Oc2ccc(N)c([N+](=O)[O-])c2)CC1.Cc1ccc(S(=O)(=O)OC2CCN(C)CC2)cc1.Nc1ccc(O)cc1[N+](=O)[O-]. The van der Waals surface area contributed by atoms with Crippen LogP contribution in [0.15, 0.2) is 65.6 Å². The van der Waals surface area contributed by atoms with E-state index < -0.39 is 20.0 Å². The van der Waals surface area contributed by atoms with Gasteiger partial charge in [-0.2, -0.15) is 8.42 Å². The van der Waals surface area contributed by atoms with E-state index in [-0.39, 0.29) is 45.6 Å². The molecule has 0 unspecified atom stereocenters. The van der Waals surface area contributed by atoms with Crippen molar-refractivity contribution in [2.75, 3.05) is 51.7 Å². The molecule has 0 saturated carbocycles. The third kappa shape index (κ3) is 11.7. The van der Waals surface area contributed by atoms with Crippen molar-refractivity contribution in [3.05, 3.63) is 86.5 Å². The van der Waals surface area contributed by atoms with Gasteiger partial charge in [0.1, 0.15) is 29.0 Å². The highest BCUT2D eigenvalue weighted by Gasteiger charge is 2.25. The maximum absolute atomic E-state index is 12.1. The van der Waals surface area contributed by atoms with Gasteiger partial charge in [-0.3, -0.25) is 24.4 Å². The predicted octanol–water partition coefficient (Wildman–Crippen LogP) is 4.33. The number of nitrogens with two attached hydrogens (primary N) is 2. The molecule has 3 aromatic carbocycles. The molecule has 0 aromatic heterocycles. The maximum Gasteiger partial charge on any atom is 0.297 e. The number of ether oxygens (including phenoxy) is 1. The van der Waals surface area contributed by atoms with Crippen LogP contribution in [0.5, 0.6) is 11.5 Å². The van der Waals surface area contributed by atoms with E-state index in [1.165, 1.54) is 24.3 Å². The first-order valence-electron chi connectivity index (χ1n) is 14.9. The summed E-state index contributed by atoms with van der Waals surface area (Å²) in [6, 6.07) is 14.9. The number of phenolic OH excluding ortho intramolecular Hbond substituents is 1. The molecule has 0 bridgehead atoms. The fourth-order valence-corrected chi connectivity index (χ4v) is 5.89. The standard InChI is InChI=1S/C13H19NO3S.C12H17N3O3.C6H6N2O3/c1-11-3-5-13(6-4-11)18(15,16)17-12-7-9-14(2)10-8-12;1-14-6-4-9(5-7-14)18-10-2-3-11(13)12(8-10)15(16)17;7-5-2-1-4(9)3-6(5)8(10)11/h3-6,12H,7-10H2,1-2H3;2-3,8-9H,4-7,13H2,1H3;1-3,9H,7H2. The summed E-state index contributed by atoms with van der Waals surface area (Å²) in [7, 11) is 0.493. The number of phenols is 1. The number of hydrogen-bond acceptors (Lipinski definition) is 13. The molecule has 0 amide bonds. The molecule has 2 aliphatic rings. The van der Waals surface area contributed by atoms with E-state index in [2.05, 4.69) is 16.8 Å². The third-order valence-corrected chi connectivity index (χ3v) is 8.99. The Hall–Kier alpha value is -4.51. The molecule has 2 saturated heterocycles. The van der Waals surface area contributed by atoms with Gasteiger partial charge in [0.15, 0.2) is 0 Å². The maximum atomic E-state index is 12.1. The summed E-state index contributed by atoms with van der Waals surface area (Å²) in [6.45, 7) is 5.67.